The largest absolute Gasteiger partial charge is 0.293 e. The fourth-order valence-corrected chi connectivity index (χ4v) is 3.12. The maximum absolute atomic E-state index is 12.2. The Bertz CT molecular complexity index is 586. The van der Waals surface area contributed by atoms with Gasteiger partial charge in [0.15, 0.2) is 5.78 Å². The summed E-state index contributed by atoms with van der Waals surface area (Å²) in [5.74, 6) is 0.0627. The third kappa shape index (κ3) is 2.49. The number of carbonyl (C=O) groups excluding carboxylic acids is 1. The molecule has 0 atom stereocenters. The van der Waals surface area contributed by atoms with Gasteiger partial charge in [0.25, 0.3) is 0 Å². The van der Waals surface area contributed by atoms with Crippen LogP contribution < -0.4 is 0 Å². The molecule has 18 heavy (non-hydrogen) atoms. The number of thiophene rings is 1. The quantitative estimate of drug-likeness (QED) is 0.802. The van der Waals surface area contributed by atoms with E-state index in [4.69, 9.17) is 11.6 Å². The van der Waals surface area contributed by atoms with Crippen molar-refractivity contribution in [1.82, 2.24) is 9.78 Å². The Morgan fingerprint density at radius 1 is 1.50 bits per heavy atom. The minimum Gasteiger partial charge on any atom is -0.293 e. The SMILES string of the molecule is CCn1nc(C)cc1CC(=O)c1scc(C)c1Cl. The van der Waals surface area contributed by atoms with Crippen LogP contribution in [0, 0.1) is 13.8 Å². The Morgan fingerprint density at radius 3 is 2.78 bits per heavy atom. The average molecular weight is 283 g/mol. The Kier molecular flexibility index (Phi) is 3.88. The van der Waals surface area contributed by atoms with E-state index >= 15 is 0 Å². The Labute approximate surface area is 115 Å². The summed E-state index contributed by atoms with van der Waals surface area (Å²) < 4.78 is 1.86. The van der Waals surface area contributed by atoms with Gasteiger partial charge in [-0.2, -0.15) is 5.10 Å². The first kappa shape index (κ1) is 13.3. The summed E-state index contributed by atoms with van der Waals surface area (Å²) in [6.45, 7) is 6.63. The molecular weight excluding hydrogens is 268 g/mol. The lowest BCUT2D eigenvalue weighted by atomic mass is 10.1. The third-order valence-electron chi connectivity index (χ3n) is 2.78. The van der Waals surface area contributed by atoms with Crippen LogP contribution in [0.15, 0.2) is 11.4 Å². The predicted octanol–water partition coefficient (Wildman–Crippen LogP) is 3.66. The van der Waals surface area contributed by atoms with Crippen molar-refractivity contribution >= 4 is 28.7 Å². The second kappa shape index (κ2) is 5.24. The molecule has 0 saturated carbocycles. The first-order valence-corrected chi connectivity index (χ1v) is 7.08. The number of hydrogen-bond donors (Lipinski definition) is 0. The van der Waals surface area contributed by atoms with E-state index in [0.29, 0.717) is 16.3 Å². The molecule has 0 aliphatic heterocycles. The van der Waals surface area contributed by atoms with E-state index in [9.17, 15) is 4.79 Å². The van der Waals surface area contributed by atoms with Crippen LogP contribution in [0.1, 0.15) is 33.5 Å². The van der Waals surface area contributed by atoms with Crippen LogP contribution in [0.2, 0.25) is 5.02 Å². The van der Waals surface area contributed by atoms with Gasteiger partial charge in [0.1, 0.15) is 0 Å². The van der Waals surface area contributed by atoms with Gasteiger partial charge in [-0.05, 0) is 37.8 Å². The molecule has 0 aliphatic carbocycles. The summed E-state index contributed by atoms with van der Waals surface area (Å²) in [6.07, 6.45) is 0.356. The van der Waals surface area contributed by atoms with E-state index in [1.54, 1.807) is 0 Å². The zero-order valence-electron chi connectivity index (χ0n) is 10.7. The Morgan fingerprint density at radius 2 is 2.22 bits per heavy atom. The topological polar surface area (TPSA) is 34.9 Å². The highest BCUT2D eigenvalue weighted by Crippen LogP contribution is 2.28. The van der Waals surface area contributed by atoms with Gasteiger partial charge < -0.3 is 0 Å². The summed E-state index contributed by atoms with van der Waals surface area (Å²) in [4.78, 5) is 12.9. The van der Waals surface area contributed by atoms with E-state index in [2.05, 4.69) is 5.10 Å². The lowest BCUT2D eigenvalue weighted by Crippen LogP contribution is -2.09. The second-order valence-electron chi connectivity index (χ2n) is 4.25. The van der Waals surface area contributed by atoms with Crippen molar-refractivity contribution in [2.24, 2.45) is 0 Å². The number of ketones is 1. The highest BCUT2D eigenvalue weighted by molar-refractivity contribution is 7.13. The monoisotopic (exact) mass is 282 g/mol. The molecule has 0 amide bonds. The summed E-state index contributed by atoms with van der Waals surface area (Å²) in [5.41, 5.74) is 2.85. The number of aryl methyl sites for hydroxylation is 3. The van der Waals surface area contributed by atoms with E-state index in [1.165, 1.54) is 11.3 Å². The number of rotatable bonds is 4. The summed E-state index contributed by atoms with van der Waals surface area (Å²) >= 11 is 7.53. The van der Waals surface area contributed by atoms with Crippen LogP contribution in [0.25, 0.3) is 0 Å². The van der Waals surface area contributed by atoms with E-state index in [1.807, 2.05) is 36.9 Å². The summed E-state index contributed by atoms with van der Waals surface area (Å²) in [6, 6.07) is 1.95. The van der Waals surface area contributed by atoms with Gasteiger partial charge in [-0.1, -0.05) is 11.6 Å². The van der Waals surface area contributed by atoms with Gasteiger partial charge in [-0.3, -0.25) is 9.48 Å². The molecule has 0 unspecified atom stereocenters. The van der Waals surface area contributed by atoms with Gasteiger partial charge in [0.2, 0.25) is 0 Å². The van der Waals surface area contributed by atoms with Crippen LogP contribution >= 0.6 is 22.9 Å². The van der Waals surface area contributed by atoms with Crippen molar-refractivity contribution in [3.63, 3.8) is 0 Å². The van der Waals surface area contributed by atoms with Crippen LogP contribution in [-0.4, -0.2) is 15.6 Å². The fourth-order valence-electron chi connectivity index (χ4n) is 1.88. The predicted molar refractivity (Wildman–Crippen MR) is 74.7 cm³/mol. The van der Waals surface area contributed by atoms with Gasteiger partial charge in [0.05, 0.1) is 22.0 Å². The summed E-state index contributed by atoms with van der Waals surface area (Å²) in [7, 11) is 0. The maximum Gasteiger partial charge on any atom is 0.180 e. The lowest BCUT2D eigenvalue weighted by Gasteiger charge is -2.03. The molecule has 2 aromatic heterocycles. The third-order valence-corrected chi connectivity index (χ3v) is 4.52. The standard InChI is InChI=1S/C13H15ClN2OS/c1-4-16-10(5-9(3)15-16)6-11(17)13-12(14)8(2)7-18-13/h5,7H,4,6H2,1-3H3. The number of hydrogen-bond acceptors (Lipinski definition) is 3. The van der Waals surface area contributed by atoms with Gasteiger partial charge in [-0.25, -0.2) is 0 Å². The highest BCUT2D eigenvalue weighted by atomic mass is 35.5. The molecule has 0 bridgehead atoms. The van der Waals surface area contributed by atoms with E-state index in [-0.39, 0.29) is 5.78 Å². The number of Topliss-reactive ketones (excluding diaryl/α,β-unsaturated/α-hetero) is 1. The molecule has 3 nitrogen and oxygen atoms in total. The fraction of sp³-hybridized carbons (Fsp3) is 0.385. The Balaban J connectivity index is 2.23. The smallest absolute Gasteiger partial charge is 0.180 e. The molecule has 96 valence electrons. The molecule has 0 aromatic carbocycles. The first-order valence-electron chi connectivity index (χ1n) is 5.83. The molecule has 0 N–H and O–H groups in total. The van der Waals surface area contributed by atoms with Crippen LogP contribution in [0.5, 0.6) is 0 Å². The van der Waals surface area contributed by atoms with Crippen molar-refractivity contribution in [3.05, 3.63) is 38.3 Å². The number of aromatic nitrogens is 2. The minimum atomic E-state index is 0.0627. The highest BCUT2D eigenvalue weighted by Gasteiger charge is 2.17. The minimum absolute atomic E-state index is 0.0627. The van der Waals surface area contributed by atoms with Gasteiger partial charge >= 0.3 is 0 Å². The second-order valence-corrected chi connectivity index (χ2v) is 5.51. The normalized spacial score (nSPS) is 10.9. The van der Waals surface area contributed by atoms with Gasteiger partial charge in [0, 0.05) is 12.2 Å². The Hall–Kier alpha value is -1.13. The molecular formula is C13H15ClN2OS. The van der Waals surface area contributed by atoms with Crippen LogP contribution in [0.4, 0.5) is 0 Å². The zero-order valence-corrected chi connectivity index (χ0v) is 12.2. The molecule has 2 aromatic rings. The number of carbonyl (C=O) groups is 1. The maximum atomic E-state index is 12.2. The van der Waals surface area contributed by atoms with E-state index < -0.39 is 0 Å². The molecule has 0 saturated heterocycles. The molecule has 2 heterocycles. The van der Waals surface area contributed by atoms with Crippen LogP contribution in [-0.2, 0) is 13.0 Å². The average Bonchev–Trinajstić information content (AvgIpc) is 2.84. The molecule has 5 heteroatoms. The number of nitrogens with zero attached hydrogens (tertiary/aromatic N) is 2. The number of halogens is 1. The van der Waals surface area contributed by atoms with Crippen LogP contribution in [0.3, 0.4) is 0 Å². The van der Waals surface area contributed by atoms with Crippen molar-refractivity contribution in [3.8, 4) is 0 Å². The van der Waals surface area contributed by atoms with Crippen molar-refractivity contribution in [2.75, 3.05) is 0 Å². The molecule has 0 spiro atoms. The molecule has 0 fully saturated rings. The van der Waals surface area contributed by atoms with Crippen molar-refractivity contribution in [2.45, 2.75) is 33.7 Å². The lowest BCUT2D eigenvalue weighted by molar-refractivity contribution is 0.0994. The molecule has 0 aliphatic rings. The van der Waals surface area contributed by atoms with Crippen molar-refractivity contribution in [1.29, 1.82) is 0 Å². The van der Waals surface area contributed by atoms with E-state index in [0.717, 1.165) is 23.5 Å². The first-order chi connectivity index (χ1) is 8.52. The summed E-state index contributed by atoms with van der Waals surface area (Å²) in [5, 5.41) is 6.84. The van der Waals surface area contributed by atoms with Gasteiger partial charge in [-0.15, -0.1) is 11.3 Å². The molecule has 0 radical (unpaired) electrons. The zero-order chi connectivity index (χ0) is 13.3. The van der Waals surface area contributed by atoms with Crippen molar-refractivity contribution < 1.29 is 4.79 Å². The molecule has 2 rings (SSSR count).